The van der Waals surface area contributed by atoms with Crippen molar-refractivity contribution in [2.45, 2.75) is 43.7 Å². The molecule has 0 bridgehead atoms. The fourth-order valence-electron chi connectivity index (χ4n) is 3.52. The molecule has 3 atom stereocenters. The molecule has 0 radical (unpaired) electrons. The Kier molecular flexibility index (Phi) is 4.14. The first-order valence-electron chi connectivity index (χ1n) is 7.65. The number of aryl methyl sites for hydroxylation is 1. The van der Waals surface area contributed by atoms with Crippen LogP contribution in [0.4, 0.5) is 8.78 Å². The van der Waals surface area contributed by atoms with Gasteiger partial charge in [-0.1, -0.05) is 0 Å². The van der Waals surface area contributed by atoms with E-state index in [9.17, 15) is 18.7 Å². The lowest BCUT2D eigenvalue weighted by Crippen LogP contribution is -2.37. The van der Waals surface area contributed by atoms with Gasteiger partial charge in [0.15, 0.2) is 11.6 Å². The molecule has 6 heteroatoms. The van der Waals surface area contributed by atoms with E-state index in [1.807, 2.05) is 0 Å². The van der Waals surface area contributed by atoms with E-state index in [2.05, 4.69) is 0 Å². The average Bonchev–Trinajstić information content (AvgIpc) is 3.06. The SMILES string of the molecule is N[C@@H](CC(=O)N1CC[C@@H](O)C1)[C@H]1CCc2cc(F)c(F)cc21. The molecular weight excluding hydrogens is 290 g/mol. The molecule has 2 aliphatic rings. The third-order valence-electron chi connectivity index (χ3n) is 4.75. The van der Waals surface area contributed by atoms with E-state index in [-0.39, 0.29) is 18.2 Å². The minimum absolute atomic E-state index is 0.0833. The van der Waals surface area contributed by atoms with E-state index in [4.69, 9.17) is 5.73 Å². The van der Waals surface area contributed by atoms with Crippen molar-refractivity contribution in [3.63, 3.8) is 0 Å². The second-order valence-corrected chi connectivity index (χ2v) is 6.26. The Morgan fingerprint density at radius 2 is 2.09 bits per heavy atom. The third kappa shape index (κ3) is 2.85. The summed E-state index contributed by atoms with van der Waals surface area (Å²) in [7, 11) is 0. The molecule has 4 nitrogen and oxygen atoms in total. The Hall–Kier alpha value is -1.53. The lowest BCUT2D eigenvalue weighted by molar-refractivity contribution is -0.131. The summed E-state index contributed by atoms with van der Waals surface area (Å²) in [5, 5.41) is 9.48. The Bertz CT molecular complexity index is 594. The van der Waals surface area contributed by atoms with Crippen LogP contribution >= 0.6 is 0 Å². The van der Waals surface area contributed by atoms with Crippen LogP contribution in [0.15, 0.2) is 12.1 Å². The predicted octanol–water partition coefficient (Wildman–Crippen LogP) is 1.31. The number of β-amino-alcohol motifs (C(OH)–C–C–N with tert-alkyl or cyclic N) is 1. The molecule has 1 aliphatic carbocycles. The highest BCUT2D eigenvalue weighted by molar-refractivity contribution is 5.77. The second-order valence-electron chi connectivity index (χ2n) is 6.26. The van der Waals surface area contributed by atoms with Crippen molar-refractivity contribution in [1.29, 1.82) is 0 Å². The van der Waals surface area contributed by atoms with Crippen LogP contribution in [-0.2, 0) is 11.2 Å². The molecule has 0 spiro atoms. The number of benzene rings is 1. The number of fused-ring (bicyclic) bond motifs is 1. The summed E-state index contributed by atoms with van der Waals surface area (Å²) in [6.07, 6.45) is 1.66. The molecule has 0 aromatic heterocycles. The van der Waals surface area contributed by atoms with Crippen molar-refractivity contribution in [2.75, 3.05) is 13.1 Å². The van der Waals surface area contributed by atoms with E-state index in [1.54, 1.807) is 4.90 Å². The van der Waals surface area contributed by atoms with Gasteiger partial charge in [0.1, 0.15) is 0 Å². The van der Waals surface area contributed by atoms with E-state index in [1.165, 1.54) is 12.1 Å². The number of aliphatic hydroxyl groups excluding tert-OH is 1. The molecule has 1 saturated heterocycles. The molecule has 1 heterocycles. The maximum absolute atomic E-state index is 13.4. The molecule has 22 heavy (non-hydrogen) atoms. The van der Waals surface area contributed by atoms with Crippen LogP contribution in [0.3, 0.4) is 0 Å². The number of hydrogen-bond acceptors (Lipinski definition) is 3. The fraction of sp³-hybridized carbons (Fsp3) is 0.562. The van der Waals surface area contributed by atoms with Crippen LogP contribution in [-0.4, -0.2) is 41.1 Å². The summed E-state index contributed by atoms with van der Waals surface area (Å²) < 4.78 is 26.7. The van der Waals surface area contributed by atoms with Gasteiger partial charge in [-0.2, -0.15) is 0 Å². The number of rotatable bonds is 3. The Morgan fingerprint density at radius 3 is 2.77 bits per heavy atom. The molecule has 0 unspecified atom stereocenters. The van der Waals surface area contributed by atoms with Gasteiger partial charge in [0.25, 0.3) is 0 Å². The minimum atomic E-state index is -0.869. The summed E-state index contributed by atoms with van der Waals surface area (Å²) >= 11 is 0. The molecule has 3 rings (SSSR count). The molecule has 1 fully saturated rings. The zero-order valence-corrected chi connectivity index (χ0v) is 12.3. The number of amides is 1. The van der Waals surface area contributed by atoms with Gasteiger partial charge in [0.05, 0.1) is 6.10 Å². The summed E-state index contributed by atoms with van der Waals surface area (Å²) in [6, 6.07) is 2.03. The summed E-state index contributed by atoms with van der Waals surface area (Å²) in [5.74, 6) is -1.91. The number of carbonyl (C=O) groups excluding carboxylic acids is 1. The standard InChI is InChI=1S/C16H20F2N2O2/c17-13-5-9-1-2-11(12(9)6-14(13)18)15(19)7-16(22)20-4-3-10(21)8-20/h5-6,10-11,15,21H,1-4,7-8,19H2/t10-,11+,15+/m1/s1. The van der Waals surface area contributed by atoms with Crippen LogP contribution in [0, 0.1) is 11.6 Å². The largest absolute Gasteiger partial charge is 0.391 e. The highest BCUT2D eigenvalue weighted by atomic mass is 19.2. The van der Waals surface area contributed by atoms with E-state index >= 15 is 0 Å². The smallest absolute Gasteiger partial charge is 0.224 e. The third-order valence-corrected chi connectivity index (χ3v) is 4.75. The number of nitrogens with two attached hydrogens (primary N) is 1. The maximum Gasteiger partial charge on any atom is 0.224 e. The summed E-state index contributed by atoms with van der Waals surface area (Å²) in [5.41, 5.74) is 7.66. The van der Waals surface area contributed by atoms with Crippen molar-refractivity contribution in [1.82, 2.24) is 4.90 Å². The second kappa shape index (κ2) is 5.93. The molecule has 1 aromatic carbocycles. The topological polar surface area (TPSA) is 66.6 Å². The summed E-state index contributed by atoms with van der Waals surface area (Å²) in [4.78, 5) is 13.8. The van der Waals surface area contributed by atoms with Gasteiger partial charge in [0.2, 0.25) is 5.91 Å². The van der Waals surface area contributed by atoms with Crippen molar-refractivity contribution in [3.05, 3.63) is 34.9 Å². The lowest BCUT2D eigenvalue weighted by Gasteiger charge is -2.23. The average molecular weight is 310 g/mol. The molecule has 1 amide bonds. The van der Waals surface area contributed by atoms with Gasteiger partial charge in [-0.25, -0.2) is 8.78 Å². The van der Waals surface area contributed by atoms with Crippen molar-refractivity contribution < 1.29 is 18.7 Å². The maximum atomic E-state index is 13.4. The molecule has 0 saturated carbocycles. The van der Waals surface area contributed by atoms with Gasteiger partial charge in [0, 0.05) is 31.5 Å². The van der Waals surface area contributed by atoms with Crippen LogP contribution in [0.5, 0.6) is 0 Å². The Labute approximate surface area is 127 Å². The van der Waals surface area contributed by atoms with Crippen molar-refractivity contribution in [3.8, 4) is 0 Å². The monoisotopic (exact) mass is 310 g/mol. The number of halogens is 2. The first-order valence-corrected chi connectivity index (χ1v) is 7.65. The zero-order chi connectivity index (χ0) is 15.9. The van der Waals surface area contributed by atoms with Crippen molar-refractivity contribution >= 4 is 5.91 Å². The number of aliphatic hydroxyl groups is 1. The minimum Gasteiger partial charge on any atom is -0.391 e. The molecule has 1 aliphatic heterocycles. The first-order chi connectivity index (χ1) is 10.5. The fourth-order valence-corrected chi connectivity index (χ4v) is 3.52. The summed E-state index contributed by atoms with van der Waals surface area (Å²) in [6.45, 7) is 0.903. The zero-order valence-electron chi connectivity index (χ0n) is 12.3. The van der Waals surface area contributed by atoms with Gasteiger partial charge in [-0.15, -0.1) is 0 Å². The molecular formula is C16H20F2N2O2. The van der Waals surface area contributed by atoms with Crippen molar-refractivity contribution in [2.24, 2.45) is 5.73 Å². The predicted molar refractivity (Wildman–Crippen MR) is 77.2 cm³/mol. The van der Waals surface area contributed by atoms with Gasteiger partial charge < -0.3 is 15.7 Å². The normalized spacial score (nSPS) is 25.4. The van der Waals surface area contributed by atoms with E-state index in [0.717, 1.165) is 11.1 Å². The van der Waals surface area contributed by atoms with Gasteiger partial charge in [-0.3, -0.25) is 4.79 Å². The van der Waals surface area contributed by atoms with Crippen LogP contribution < -0.4 is 5.73 Å². The highest BCUT2D eigenvalue weighted by Gasteiger charge is 2.32. The van der Waals surface area contributed by atoms with Gasteiger partial charge in [-0.05, 0) is 42.5 Å². The molecule has 3 N–H and O–H groups in total. The Balaban J connectivity index is 1.68. The Morgan fingerprint density at radius 1 is 1.36 bits per heavy atom. The molecule has 120 valence electrons. The van der Waals surface area contributed by atoms with E-state index in [0.29, 0.717) is 32.4 Å². The number of likely N-dealkylation sites (tertiary alicyclic amines) is 1. The van der Waals surface area contributed by atoms with Crippen LogP contribution in [0.25, 0.3) is 0 Å². The first kappa shape index (κ1) is 15.4. The van der Waals surface area contributed by atoms with E-state index < -0.39 is 23.8 Å². The number of carbonyl (C=O) groups is 1. The highest BCUT2D eigenvalue weighted by Crippen LogP contribution is 2.37. The molecule has 1 aromatic rings. The van der Waals surface area contributed by atoms with Crippen LogP contribution in [0.2, 0.25) is 0 Å². The lowest BCUT2D eigenvalue weighted by atomic mass is 9.91. The van der Waals surface area contributed by atoms with Crippen LogP contribution in [0.1, 0.15) is 36.3 Å². The number of nitrogens with zero attached hydrogens (tertiary/aromatic N) is 1. The number of hydrogen-bond donors (Lipinski definition) is 2. The quantitative estimate of drug-likeness (QED) is 0.884. The van der Waals surface area contributed by atoms with Gasteiger partial charge >= 0.3 is 0 Å².